The molecule has 1 aromatic rings. The molecule has 0 saturated heterocycles. The fourth-order valence-corrected chi connectivity index (χ4v) is 1.72. The molecule has 0 unspecified atom stereocenters. The van der Waals surface area contributed by atoms with Crippen molar-refractivity contribution in [3.63, 3.8) is 0 Å². The van der Waals surface area contributed by atoms with Crippen molar-refractivity contribution in [2.75, 3.05) is 27.7 Å². The Morgan fingerprint density at radius 1 is 1.24 bits per heavy atom. The van der Waals surface area contributed by atoms with Gasteiger partial charge in [-0.25, -0.2) is 0 Å². The van der Waals surface area contributed by atoms with Crippen LogP contribution in [0.2, 0.25) is 0 Å². The molecule has 0 spiro atoms. The number of carbonyl (C=O) groups is 1. The van der Waals surface area contributed by atoms with Gasteiger partial charge in [0, 0.05) is 0 Å². The van der Waals surface area contributed by atoms with Crippen LogP contribution in [0.5, 0.6) is 0 Å². The maximum atomic E-state index is 10.5. The van der Waals surface area contributed by atoms with Crippen LogP contribution < -0.4 is 34.7 Å². The molecule has 0 bridgehead atoms. The molecule has 0 aliphatic heterocycles. The van der Waals surface area contributed by atoms with Crippen LogP contribution in [0.15, 0.2) is 29.2 Å². The van der Waals surface area contributed by atoms with E-state index in [1.807, 2.05) is 0 Å². The van der Waals surface area contributed by atoms with E-state index in [0.29, 0.717) is 0 Å². The fraction of sp³-hybridized carbons (Fsp3) is 0.385. The Morgan fingerprint density at radius 2 is 1.67 bits per heavy atom. The van der Waals surface area contributed by atoms with E-state index in [1.165, 1.54) is 6.54 Å². The van der Waals surface area contributed by atoms with E-state index in [4.69, 9.17) is 4.55 Å². The SMILES string of the molecule is O=C([O-])c1ccc(S(=O)(=O)O)cc1.[CH2-]CC[N+](C)(C)C.[Na+]. The van der Waals surface area contributed by atoms with Crippen molar-refractivity contribution in [2.45, 2.75) is 11.3 Å². The topological polar surface area (TPSA) is 94.5 Å². The quantitative estimate of drug-likeness (QED) is 0.280. The van der Waals surface area contributed by atoms with Crippen molar-refractivity contribution in [2.24, 2.45) is 0 Å². The smallest absolute Gasteiger partial charge is 0.545 e. The first-order valence-corrected chi connectivity index (χ1v) is 7.30. The summed E-state index contributed by atoms with van der Waals surface area (Å²) in [5.74, 6) is -1.40. The number of rotatable bonds is 4. The Bertz CT molecular complexity index is 535. The molecule has 0 aromatic heterocycles. The second-order valence-corrected chi connectivity index (χ2v) is 6.58. The summed E-state index contributed by atoms with van der Waals surface area (Å²) in [6.45, 7) is 4.92. The zero-order valence-corrected chi connectivity index (χ0v) is 15.7. The summed E-state index contributed by atoms with van der Waals surface area (Å²) in [5, 5.41) is 10.2. The van der Waals surface area contributed by atoms with Crippen LogP contribution in [0, 0.1) is 6.92 Å². The minimum absolute atomic E-state index is 0. The van der Waals surface area contributed by atoms with Crippen molar-refractivity contribution >= 4 is 16.1 Å². The minimum atomic E-state index is -4.26. The van der Waals surface area contributed by atoms with Crippen LogP contribution >= 0.6 is 0 Å². The average molecular weight is 325 g/mol. The molecule has 0 aliphatic rings. The zero-order valence-electron chi connectivity index (χ0n) is 12.9. The normalized spacial score (nSPS) is 10.9. The van der Waals surface area contributed by atoms with Crippen molar-refractivity contribution in [3.05, 3.63) is 36.8 Å². The van der Waals surface area contributed by atoms with E-state index in [-0.39, 0.29) is 40.0 Å². The molecule has 8 heteroatoms. The largest absolute Gasteiger partial charge is 1.00 e. The van der Waals surface area contributed by atoms with Gasteiger partial charge in [-0.1, -0.05) is 12.1 Å². The van der Waals surface area contributed by atoms with Gasteiger partial charge >= 0.3 is 29.6 Å². The number of hydrogen-bond acceptors (Lipinski definition) is 4. The molecule has 21 heavy (non-hydrogen) atoms. The number of aromatic carboxylic acids is 1. The van der Waals surface area contributed by atoms with Gasteiger partial charge in [-0.15, -0.1) is 6.42 Å². The number of quaternary nitrogens is 1. The predicted octanol–water partition coefficient (Wildman–Crippen LogP) is -2.78. The third-order valence-electron chi connectivity index (χ3n) is 2.22. The first kappa shape index (κ1) is 22.8. The molecule has 1 rings (SSSR count). The van der Waals surface area contributed by atoms with Gasteiger partial charge in [0.2, 0.25) is 0 Å². The summed E-state index contributed by atoms with van der Waals surface area (Å²) in [4.78, 5) is 9.89. The van der Waals surface area contributed by atoms with E-state index >= 15 is 0 Å². The van der Waals surface area contributed by atoms with Crippen LogP contribution in [0.3, 0.4) is 0 Å². The van der Waals surface area contributed by atoms with Gasteiger partial charge in [0.25, 0.3) is 10.1 Å². The molecule has 114 valence electrons. The van der Waals surface area contributed by atoms with Gasteiger partial charge in [0.15, 0.2) is 0 Å². The third kappa shape index (κ3) is 10.9. The maximum Gasteiger partial charge on any atom is 1.00 e. The number of benzene rings is 1. The Labute approximate surface area is 148 Å². The zero-order chi connectivity index (χ0) is 16.0. The number of carboxylic acid groups (broad SMARTS) is 1. The van der Waals surface area contributed by atoms with Gasteiger partial charge in [0.1, 0.15) is 0 Å². The van der Waals surface area contributed by atoms with Gasteiger partial charge in [-0.2, -0.15) is 8.42 Å². The van der Waals surface area contributed by atoms with E-state index in [0.717, 1.165) is 35.2 Å². The summed E-state index contributed by atoms with van der Waals surface area (Å²) in [6.07, 6.45) is 1.03. The first-order chi connectivity index (χ1) is 8.97. The summed E-state index contributed by atoms with van der Waals surface area (Å²) in [7, 11) is 2.26. The van der Waals surface area contributed by atoms with Gasteiger partial charge in [-0.3, -0.25) is 4.55 Å². The molecular weight excluding hydrogens is 305 g/mol. The Morgan fingerprint density at radius 3 is 1.86 bits per heavy atom. The molecule has 0 aliphatic carbocycles. The Hall–Kier alpha value is -0.440. The molecule has 0 saturated carbocycles. The number of nitrogens with zero attached hydrogens (tertiary/aromatic N) is 1. The standard InChI is InChI=1S/C7H6O5S.C6H15N.Na/c8-7(9)5-1-3-6(4-2-5)13(10,11)12;1-5-6-7(2,3)4;/h1-4H,(H,8,9)(H,10,11,12);1,5-6H2,2-4H3;/q;;+1/p-1. The van der Waals surface area contributed by atoms with E-state index in [2.05, 4.69) is 28.1 Å². The third-order valence-corrected chi connectivity index (χ3v) is 3.08. The molecule has 6 nitrogen and oxygen atoms in total. The molecule has 0 fully saturated rings. The van der Waals surface area contributed by atoms with E-state index in [9.17, 15) is 18.3 Å². The second-order valence-electron chi connectivity index (χ2n) is 5.15. The monoisotopic (exact) mass is 325 g/mol. The van der Waals surface area contributed by atoms with Gasteiger partial charge in [0.05, 0.1) is 38.6 Å². The van der Waals surface area contributed by atoms with Crippen molar-refractivity contribution in [1.29, 1.82) is 0 Å². The summed E-state index contributed by atoms with van der Waals surface area (Å²) in [5.41, 5.74) is -0.146. The molecule has 0 heterocycles. The van der Waals surface area contributed by atoms with E-state index in [1.54, 1.807) is 0 Å². The first-order valence-electron chi connectivity index (χ1n) is 5.86. The van der Waals surface area contributed by atoms with Crippen LogP contribution in [0.4, 0.5) is 0 Å². The van der Waals surface area contributed by atoms with Crippen LogP contribution in [0.1, 0.15) is 16.8 Å². The minimum Gasteiger partial charge on any atom is -0.545 e. The Kier molecular flexibility index (Phi) is 10.4. The average Bonchev–Trinajstić information content (AvgIpc) is 2.27. The van der Waals surface area contributed by atoms with Crippen LogP contribution in [-0.4, -0.2) is 51.1 Å². The van der Waals surface area contributed by atoms with Gasteiger partial charge in [-0.05, 0) is 17.7 Å². The number of hydrogen-bond donors (Lipinski definition) is 1. The van der Waals surface area contributed by atoms with Crippen LogP contribution in [0.25, 0.3) is 0 Å². The fourth-order valence-electron chi connectivity index (χ4n) is 1.24. The number of carboxylic acids is 1. The number of carbonyl (C=O) groups excluding carboxylic acids is 1. The van der Waals surface area contributed by atoms with Crippen molar-refractivity contribution in [3.8, 4) is 0 Å². The molecule has 0 amide bonds. The molecule has 0 atom stereocenters. The Balaban J connectivity index is 0. The molecule has 1 aromatic carbocycles. The van der Waals surface area contributed by atoms with Gasteiger partial charge < -0.3 is 21.3 Å². The van der Waals surface area contributed by atoms with Crippen molar-refractivity contribution in [1.82, 2.24) is 0 Å². The molecule has 0 radical (unpaired) electrons. The molecular formula is C13H20NNaO5S. The summed E-state index contributed by atoms with van der Waals surface area (Å²) in [6, 6.07) is 4.05. The van der Waals surface area contributed by atoms with Crippen molar-refractivity contribution < 1.29 is 56.9 Å². The summed E-state index contributed by atoms with van der Waals surface area (Å²) < 4.78 is 30.6. The maximum absolute atomic E-state index is 10.5. The second kappa shape index (κ2) is 9.55. The molecule has 1 N–H and O–H groups in total. The summed E-state index contributed by atoms with van der Waals surface area (Å²) >= 11 is 0. The van der Waals surface area contributed by atoms with E-state index < -0.39 is 16.1 Å². The predicted molar refractivity (Wildman–Crippen MR) is 73.5 cm³/mol. The van der Waals surface area contributed by atoms with Crippen LogP contribution in [-0.2, 0) is 10.1 Å².